The molecule has 2 heterocycles. The van der Waals surface area contributed by atoms with E-state index in [0.717, 1.165) is 13.0 Å². The maximum atomic E-state index is 12.2. The molecule has 1 aromatic heterocycles. The lowest BCUT2D eigenvalue weighted by Crippen LogP contribution is -2.34. The number of fused-ring (bicyclic) bond motifs is 1. The summed E-state index contributed by atoms with van der Waals surface area (Å²) >= 11 is 1.44. The molecule has 0 aliphatic carbocycles. The van der Waals surface area contributed by atoms with Crippen molar-refractivity contribution in [3.8, 4) is 0 Å². The predicted molar refractivity (Wildman–Crippen MR) is 80.9 cm³/mol. The maximum Gasteiger partial charge on any atom is 0.228 e. The molecular formula is C15H17N3OS. The van der Waals surface area contributed by atoms with E-state index in [1.807, 2.05) is 11.4 Å². The van der Waals surface area contributed by atoms with Crippen molar-refractivity contribution >= 4 is 22.4 Å². The van der Waals surface area contributed by atoms with Gasteiger partial charge in [0.2, 0.25) is 5.91 Å². The van der Waals surface area contributed by atoms with Crippen LogP contribution in [0.4, 0.5) is 5.13 Å². The molecule has 1 atom stereocenters. The van der Waals surface area contributed by atoms with E-state index < -0.39 is 0 Å². The fraction of sp³-hybridized carbons (Fsp3) is 0.333. The van der Waals surface area contributed by atoms with Gasteiger partial charge < -0.3 is 5.32 Å². The van der Waals surface area contributed by atoms with Crippen molar-refractivity contribution in [1.29, 1.82) is 0 Å². The first kappa shape index (κ1) is 13.3. The van der Waals surface area contributed by atoms with Crippen molar-refractivity contribution in [1.82, 2.24) is 9.88 Å². The van der Waals surface area contributed by atoms with Crippen molar-refractivity contribution in [2.24, 2.45) is 0 Å². The third-order valence-corrected chi connectivity index (χ3v) is 4.43. The van der Waals surface area contributed by atoms with E-state index in [4.69, 9.17) is 0 Å². The van der Waals surface area contributed by atoms with E-state index in [2.05, 4.69) is 40.4 Å². The zero-order valence-corrected chi connectivity index (χ0v) is 12.2. The van der Waals surface area contributed by atoms with Gasteiger partial charge in [-0.1, -0.05) is 24.3 Å². The Kier molecular flexibility index (Phi) is 3.80. The predicted octanol–water partition coefficient (Wildman–Crippen LogP) is 2.70. The van der Waals surface area contributed by atoms with Gasteiger partial charge in [0.25, 0.3) is 0 Å². The summed E-state index contributed by atoms with van der Waals surface area (Å²) in [4.78, 5) is 18.5. The SMILES string of the molecule is CN1CCc2ccccc2C1CC(=O)Nc1nccs1. The Morgan fingerprint density at radius 1 is 1.50 bits per heavy atom. The van der Waals surface area contributed by atoms with Crippen LogP contribution in [0.15, 0.2) is 35.8 Å². The second kappa shape index (κ2) is 5.73. The molecule has 20 heavy (non-hydrogen) atoms. The number of benzene rings is 1. The number of hydrogen-bond acceptors (Lipinski definition) is 4. The molecule has 4 nitrogen and oxygen atoms in total. The standard InChI is InChI=1S/C15H17N3OS/c1-18-8-6-11-4-2-3-5-12(11)13(18)10-14(19)17-15-16-7-9-20-15/h2-5,7,9,13H,6,8,10H2,1H3,(H,16,17,19). The molecule has 0 saturated heterocycles. The van der Waals surface area contributed by atoms with Gasteiger partial charge in [-0.3, -0.25) is 9.69 Å². The van der Waals surface area contributed by atoms with Crippen LogP contribution in [-0.2, 0) is 11.2 Å². The topological polar surface area (TPSA) is 45.2 Å². The average Bonchev–Trinajstić information content (AvgIpc) is 2.95. The number of nitrogens with zero attached hydrogens (tertiary/aromatic N) is 2. The zero-order chi connectivity index (χ0) is 13.9. The molecule has 0 bridgehead atoms. The fourth-order valence-corrected chi connectivity index (χ4v) is 3.22. The number of carbonyl (C=O) groups excluding carboxylic acids is 1. The molecule has 2 aromatic rings. The highest BCUT2D eigenvalue weighted by molar-refractivity contribution is 7.13. The first-order valence-corrected chi connectivity index (χ1v) is 7.59. The first-order chi connectivity index (χ1) is 9.74. The summed E-state index contributed by atoms with van der Waals surface area (Å²) in [5.41, 5.74) is 2.63. The van der Waals surface area contributed by atoms with Crippen LogP contribution in [0.2, 0.25) is 0 Å². The summed E-state index contributed by atoms with van der Waals surface area (Å²) in [5.74, 6) is 0.0218. The summed E-state index contributed by atoms with van der Waals surface area (Å²) in [7, 11) is 2.08. The van der Waals surface area contributed by atoms with Gasteiger partial charge in [-0.05, 0) is 24.6 Å². The maximum absolute atomic E-state index is 12.2. The Morgan fingerprint density at radius 2 is 2.35 bits per heavy atom. The minimum absolute atomic E-state index is 0.0218. The second-order valence-corrected chi connectivity index (χ2v) is 5.93. The quantitative estimate of drug-likeness (QED) is 0.944. The van der Waals surface area contributed by atoms with Crippen molar-refractivity contribution in [3.05, 3.63) is 47.0 Å². The third kappa shape index (κ3) is 2.73. The van der Waals surface area contributed by atoms with E-state index in [9.17, 15) is 4.79 Å². The Balaban J connectivity index is 1.74. The number of hydrogen-bond donors (Lipinski definition) is 1. The molecular weight excluding hydrogens is 270 g/mol. The Hall–Kier alpha value is -1.72. The molecule has 1 unspecified atom stereocenters. The van der Waals surface area contributed by atoms with Crippen molar-refractivity contribution in [2.45, 2.75) is 18.9 Å². The molecule has 1 aromatic carbocycles. The van der Waals surface area contributed by atoms with Crippen molar-refractivity contribution in [2.75, 3.05) is 18.9 Å². The van der Waals surface area contributed by atoms with Gasteiger partial charge in [-0.25, -0.2) is 4.98 Å². The molecule has 1 amide bonds. The molecule has 1 N–H and O–H groups in total. The Morgan fingerprint density at radius 3 is 3.15 bits per heavy atom. The van der Waals surface area contributed by atoms with Crippen LogP contribution in [0.3, 0.4) is 0 Å². The number of amides is 1. The smallest absolute Gasteiger partial charge is 0.228 e. The van der Waals surface area contributed by atoms with Gasteiger partial charge >= 0.3 is 0 Å². The Labute approximate surface area is 122 Å². The number of rotatable bonds is 3. The van der Waals surface area contributed by atoms with Gasteiger partial charge in [-0.2, -0.15) is 0 Å². The number of carbonyl (C=O) groups is 1. The number of aromatic nitrogens is 1. The summed E-state index contributed by atoms with van der Waals surface area (Å²) in [5, 5.41) is 5.39. The van der Waals surface area contributed by atoms with E-state index in [-0.39, 0.29) is 11.9 Å². The minimum atomic E-state index is 0.0218. The molecule has 0 fully saturated rings. The van der Waals surface area contributed by atoms with Gasteiger partial charge in [0.15, 0.2) is 5.13 Å². The summed E-state index contributed by atoms with van der Waals surface area (Å²) in [6, 6.07) is 8.56. The van der Waals surface area contributed by atoms with Crippen LogP contribution >= 0.6 is 11.3 Å². The highest BCUT2D eigenvalue weighted by atomic mass is 32.1. The lowest BCUT2D eigenvalue weighted by molar-refractivity contribution is -0.117. The molecule has 1 aliphatic heterocycles. The van der Waals surface area contributed by atoms with Crippen LogP contribution in [0.5, 0.6) is 0 Å². The zero-order valence-electron chi connectivity index (χ0n) is 11.4. The lowest BCUT2D eigenvalue weighted by Gasteiger charge is -2.34. The van der Waals surface area contributed by atoms with Gasteiger partial charge in [-0.15, -0.1) is 11.3 Å². The number of likely N-dealkylation sites (N-methyl/N-ethyl adjacent to an activating group) is 1. The largest absolute Gasteiger partial charge is 0.302 e. The molecule has 0 spiro atoms. The van der Waals surface area contributed by atoms with Crippen molar-refractivity contribution in [3.63, 3.8) is 0 Å². The molecule has 0 radical (unpaired) electrons. The number of nitrogens with one attached hydrogen (secondary N) is 1. The van der Waals surface area contributed by atoms with Crippen LogP contribution in [0.1, 0.15) is 23.6 Å². The van der Waals surface area contributed by atoms with Gasteiger partial charge in [0.1, 0.15) is 0 Å². The normalized spacial score (nSPS) is 18.6. The van der Waals surface area contributed by atoms with Crippen molar-refractivity contribution < 1.29 is 4.79 Å². The number of anilines is 1. The fourth-order valence-electron chi connectivity index (χ4n) is 2.67. The molecule has 0 saturated carbocycles. The highest BCUT2D eigenvalue weighted by Gasteiger charge is 2.26. The number of thiazole rings is 1. The molecule has 3 rings (SSSR count). The average molecular weight is 287 g/mol. The molecule has 5 heteroatoms. The summed E-state index contributed by atoms with van der Waals surface area (Å²) < 4.78 is 0. The highest BCUT2D eigenvalue weighted by Crippen LogP contribution is 2.31. The van der Waals surface area contributed by atoms with Crippen LogP contribution in [0, 0.1) is 0 Å². The van der Waals surface area contributed by atoms with Gasteiger partial charge in [0, 0.05) is 30.6 Å². The second-order valence-electron chi connectivity index (χ2n) is 5.03. The van der Waals surface area contributed by atoms with Gasteiger partial charge in [0.05, 0.1) is 0 Å². The van der Waals surface area contributed by atoms with Crippen LogP contribution in [0.25, 0.3) is 0 Å². The first-order valence-electron chi connectivity index (χ1n) is 6.71. The third-order valence-electron chi connectivity index (χ3n) is 3.74. The van der Waals surface area contributed by atoms with Crippen LogP contribution in [-0.4, -0.2) is 29.4 Å². The summed E-state index contributed by atoms with van der Waals surface area (Å²) in [6.45, 7) is 0.992. The minimum Gasteiger partial charge on any atom is -0.302 e. The van der Waals surface area contributed by atoms with Crippen LogP contribution < -0.4 is 5.32 Å². The monoisotopic (exact) mass is 287 g/mol. The lowest BCUT2D eigenvalue weighted by atomic mass is 9.91. The van der Waals surface area contributed by atoms with E-state index in [1.165, 1.54) is 22.5 Å². The van der Waals surface area contributed by atoms with E-state index in [0.29, 0.717) is 11.6 Å². The van der Waals surface area contributed by atoms with E-state index >= 15 is 0 Å². The van der Waals surface area contributed by atoms with E-state index in [1.54, 1.807) is 6.20 Å². The molecule has 104 valence electrons. The molecule has 1 aliphatic rings. The summed E-state index contributed by atoms with van der Waals surface area (Å²) in [6.07, 6.45) is 3.21. The Bertz CT molecular complexity index is 597.